The van der Waals surface area contributed by atoms with E-state index in [0.29, 0.717) is 4.75 Å². The maximum Gasteiger partial charge on any atom is 0.0285 e. The summed E-state index contributed by atoms with van der Waals surface area (Å²) in [5, 5.41) is 0.936. The molecule has 0 unspecified atom stereocenters. The summed E-state index contributed by atoms with van der Waals surface area (Å²) >= 11 is 2.25. The Balaban J connectivity index is 1.86. The number of hydrogen-bond acceptors (Lipinski definition) is 2. The van der Waals surface area contributed by atoms with Crippen molar-refractivity contribution in [2.75, 3.05) is 6.54 Å². The lowest BCUT2D eigenvalue weighted by molar-refractivity contribution is 0.507. The lowest BCUT2D eigenvalue weighted by atomic mass is 10.0. The minimum absolute atomic E-state index is 0.488. The largest absolute Gasteiger partial charge is 0.329 e. The first kappa shape index (κ1) is 10.8. The van der Waals surface area contributed by atoms with Crippen molar-refractivity contribution >= 4 is 11.8 Å². The first-order valence-electron chi connectivity index (χ1n) is 6.23. The van der Waals surface area contributed by atoms with Gasteiger partial charge in [0.15, 0.2) is 0 Å². The van der Waals surface area contributed by atoms with E-state index in [4.69, 9.17) is 5.73 Å². The van der Waals surface area contributed by atoms with Gasteiger partial charge in [-0.25, -0.2) is 0 Å². The number of thioether (sulfide) groups is 1. The Morgan fingerprint density at radius 2 is 1.64 bits per heavy atom. The molecule has 0 aliphatic heterocycles. The third-order valence-corrected chi connectivity index (χ3v) is 5.74. The van der Waals surface area contributed by atoms with Crippen LogP contribution in [0.3, 0.4) is 0 Å². The second-order valence-corrected chi connectivity index (χ2v) is 6.74. The highest BCUT2D eigenvalue weighted by Crippen LogP contribution is 2.45. The summed E-state index contributed by atoms with van der Waals surface area (Å²) in [7, 11) is 0. The van der Waals surface area contributed by atoms with Gasteiger partial charge < -0.3 is 5.73 Å². The van der Waals surface area contributed by atoms with Gasteiger partial charge in [-0.3, -0.25) is 0 Å². The van der Waals surface area contributed by atoms with E-state index in [2.05, 4.69) is 11.8 Å². The van der Waals surface area contributed by atoms with Crippen LogP contribution in [-0.4, -0.2) is 16.5 Å². The molecule has 14 heavy (non-hydrogen) atoms. The monoisotopic (exact) mass is 213 g/mol. The van der Waals surface area contributed by atoms with Gasteiger partial charge in [-0.2, -0.15) is 11.8 Å². The Bertz CT molecular complexity index is 169. The van der Waals surface area contributed by atoms with Crippen LogP contribution in [0.4, 0.5) is 0 Å². The van der Waals surface area contributed by atoms with Crippen LogP contribution < -0.4 is 5.73 Å². The van der Waals surface area contributed by atoms with Gasteiger partial charge in [0.1, 0.15) is 0 Å². The fourth-order valence-corrected chi connectivity index (χ4v) is 4.82. The van der Waals surface area contributed by atoms with Crippen LogP contribution in [0, 0.1) is 0 Å². The molecule has 0 saturated heterocycles. The van der Waals surface area contributed by atoms with Crippen molar-refractivity contribution in [1.29, 1.82) is 0 Å². The zero-order valence-corrected chi connectivity index (χ0v) is 9.95. The molecule has 0 atom stereocenters. The van der Waals surface area contributed by atoms with Crippen LogP contribution in [0.1, 0.15) is 57.8 Å². The molecule has 0 bridgehead atoms. The highest BCUT2D eigenvalue weighted by atomic mass is 32.2. The molecule has 2 saturated carbocycles. The first-order valence-corrected chi connectivity index (χ1v) is 7.10. The molecule has 0 aromatic heterocycles. The molecule has 2 heteroatoms. The molecule has 0 aromatic carbocycles. The van der Waals surface area contributed by atoms with Crippen LogP contribution in [0.15, 0.2) is 0 Å². The van der Waals surface area contributed by atoms with Gasteiger partial charge in [0.25, 0.3) is 0 Å². The molecule has 0 spiro atoms. The molecular formula is C12H23NS. The van der Waals surface area contributed by atoms with E-state index in [9.17, 15) is 0 Å². The molecule has 0 aromatic rings. The maximum absolute atomic E-state index is 5.97. The molecule has 0 amide bonds. The van der Waals surface area contributed by atoms with E-state index >= 15 is 0 Å². The predicted molar refractivity (Wildman–Crippen MR) is 64.7 cm³/mol. The molecule has 2 fully saturated rings. The smallest absolute Gasteiger partial charge is 0.0285 e. The van der Waals surface area contributed by atoms with E-state index in [1.165, 1.54) is 57.8 Å². The Morgan fingerprint density at radius 1 is 1.00 bits per heavy atom. The second-order valence-electron chi connectivity index (χ2n) is 4.97. The molecule has 2 N–H and O–H groups in total. The highest BCUT2D eigenvalue weighted by molar-refractivity contribution is 8.01. The SMILES string of the molecule is NCC1(SC2CCCCC2)CCCC1. The molecule has 82 valence electrons. The maximum atomic E-state index is 5.97. The van der Waals surface area contributed by atoms with E-state index in [-0.39, 0.29) is 0 Å². The fraction of sp³-hybridized carbons (Fsp3) is 1.00. The van der Waals surface area contributed by atoms with Gasteiger partial charge in [-0.1, -0.05) is 32.1 Å². The minimum atomic E-state index is 0.488. The van der Waals surface area contributed by atoms with Crippen molar-refractivity contribution in [3.8, 4) is 0 Å². The number of hydrogen-bond donors (Lipinski definition) is 1. The van der Waals surface area contributed by atoms with Crippen molar-refractivity contribution in [1.82, 2.24) is 0 Å². The molecule has 2 aliphatic rings. The zero-order chi connectivity index (χ0) is 9.86. The second kappa shape index (κ2) is 4.89. The number of nitrogens with two attached hydrogens (primary N) is 1. The van der Waals surface area contributed by atoms with Gasteiger partial charge in [-0.15, -0.1) is 0 Å². The van der Waals surface area contributed by atoms with Crippen LogP contribution in [-0.2, 0) is 0 Å². The van der Waals surface area contributed by atoms with Crippen molar-refractivity contribution in [3.05, 3.63) is 0 Å². The summed E-state index contributed by atoms with van der Waals surface area (Å²) in [4.78, 5) is 0. The van der Waals surface area contributed by atoms with Crippen LogP contribution in [0.25, 0.3) is 0 Å². The lowest BCUT2D eigenvalue weighted by Crippen LogP contribution is -2.33. The Kier molecular flexibility index (Phi) is 3.78. The summed E-state index contributed by atoms with van der Waals surface area (Å²) in [6.45, 7) is 0.911. The lowest BCUT2D eigenvalue weighted by Gasteiger charge is -2.33. The zero-order valence-electron chi connectivity index (χ0n) is 9.13. The van der Waals surface area contributed by atoms with E-state index < -0.39 is 0 Å². The number of rotatable bonds is 3. The normalized spacial score (nSPS) is 28.1. The van der Waals surface area contributed by atoms with Crippen LogP contribution in [0.5, 0.6) is 0 Å². The third kappa shape index (κ3) is 2.46. The van der Waals surface area contributed by atoms with Gasteiger partial charge in [0.05, 0.1) is 0 Å². The van der Waals surface area contributed by atoms with Crippen molar-refractivity contribution in [2.24, 2.45) is 5.73 Å². The minimum Gasteiger partial charge on any atom is -0.329 e. The van der Waals surface area contributed by atoms with E-state index in [0.717, 1.165) is 11.8 Å². The molecule has 1 nitrogen and oxygen atoms in total. The van der Waals surface area contributed by atoms with Gasteiger partial charge in [0.2, 0.25) is 0 Å². The topological polar surface area (TPSA) is 26.0 Å². The molecule has 2 aliphatic carbocycles. The highest BCUT2D eigenvalue weighted by Gasteiger charge is 2.35. The van der Waals surface area contributed by atoms with Crippen molar-refractivity contribution in [2.45, 2.75) is 67.8 Å². The van der Waals surface area contributed by atoms with Crippen LogP contribution >= 0.6 is 11.8 Å². The van der Waals surface area contributed by atoms with Crippen LogP contribution in [0.2, 0.25) is 0 Å². The molecular weight excluding hydrogens is 190 g/mol. The summed E-state index contributed by atoms with van der Waals surface area (Å²) in [5.74, 6) is 0. The van der Waals surface area contributed by atoms with Crippen molar-refractivity contribution in [3.63, 3.8) is 0 Å². The average Bonchev–Trinajstić information content (AvgIpc) is 2.69. The van der Waals surface area contributed by atoms with Gasteiger partial charge in [0, 0.05) is 16.5 Å². The van der Waals surface area contributed by atoms with E-state index in [1.54, 1.807) is 0 Å². The molecule has 0 heterocycles. The first-order chi connectivity index (χ1) is 6.85. The summed E-state index contributed by atoms with van der Waals surface area (Å²) in [6.07, 6.45) is 12.9. The Morgan fingerprint density at radius 3 is 2.21 bits per heavy atom. The Hall–Kier alpha value is 0.310. The summed E-state index contributed by atoms with van der Waals surface area (Å²) in [6, 6.07) is 0. The van der Waals surface area contributed by atoms with Gasteiger partial charge >= 0.3 is 0 Å². The van der Waals surface area contributed by atoms with Crippen molar-refractivity contribution < 1.29 is 0 Å². The standard InChI is InChI=1S/C12H23NS/c13-10-12(8-4-5-9-12)14-11-6-2-1-3-7-11/h11H,1-10,13H2. The Labute approximate surface area is 92.2 Å². The fourth-order valence-electron chi connectivity index (χ4n) is 2.93. The third-order valence-electron chi connectivity index (χ3n) is 3.86. The summed E-state index contributed by atoms with van der Waals surface area (Å²) < 4.78 is 0.488. The van der Waals surface area contributed by atoms with Gasteiger partial charge in [-0.05, 0) is 25.7 Å². The molecule has 2 rings (SSSR count). The summed E-state index contributed by atoms with van der Waals surface area (Å²) in [5.41, 5.74) is 5.97. The predicted octanol–water partition coefficient (Wildman–Crippen LogP) is 3.32. The quantitative estimate of drug-likeness (QED) is 0.778. The molecule has 0 radical (unpaired) electrons. The van der Waals surface area contributed by atoms with E-state index in [1.807, 2.05) is 0 Å². The average molecular weight is 213 g/mol.